The highest BCUT2D eigenvalue weighted by Crippen LogP contribution is 2.30. The molecule has 0 bridgehead atoms. The van der Waals surface area contributed by atoms with E-state index < -0.39 is 11.7 Å². The molecule has 188 valence electrons. The average molecular weight is 496 g/mol. The molecule has 1 fully saturated rings. The quantitative estimate of drug-likeness (QED) is 0.503. The molecule has 6 nitrogen and oxygen atoms in total. The number of benzene rings is 2. The minimum Gasteiger partial charge on any atom is -0.355 e. The Bertz CT molecular complexity index is 1210. The van der Waals surface area contributed by atoms with E-state index in [-0.39, 0.29) is 11.8 Å². The Morgan fingerprint density at radius 2 is 1.94 bits per heavy atom. The molecule has 2 heterocycles. The number of nitrogens with one attached hydrogen (secondary N) is 1. The van der Waals surface area contributed by atoms with E-state index >= 15 is 0 Å². The van der Waals surface area contributed by atoms with E-state index in [1.54, 1.807) is 30.7 Å². The van der Waals surface area contributed by atoms with E-state index in [1.165, 1.54) is 12.1 Å². The third kappa shape index (κ3) is 6.73. The second-order valence-corrected chi connectivity index (χ2v) is 9.14. The number of nitrogens with zero attached hydrogens (tertiary/aromatic N) is 4. The Balaban J connectivity index is 1.26. The summed E-state index contributed by atoms with van der Waals surface area (Å²) < 4.78 is 41.1. The van der Waals surface area contributed by atoms with E-state index in [2.05, 4.69) is 21.3 Å². The molecule has 1 amide bonds. The van der Waals surface area contributed by atoms with Gasteiger partial charge in [0.15, 0.2) is 0 Å². The summed E-state index contributed by atoms with van der Waals surface area (Å²) in [5, 5.41) is 12.0. The van der Waals surface area contributed by atoms with Crippen molar-refractivity contribution in [2.75, 3.05) is 19.6 Å². The van der Waals surface area contributed by atoms with Crippen molar-refractivity contribution in [2.24, 2.45) is 5.92 Å². The lowest BCUT2D eigenvalue weighted by atomic mass is 9.96. The van der Waals surface area contributed by atoms with E-state index in [9.17, 15) is 18.0 Å². The number of likely N-dealkylation sites (tertiary alicyclic amines) is 1. The number of alkyl halides is 3. The maximum atomic E-state index is 13.0. The summed E-state index contributed by atoms with van der Waals surface area (Å²) in [5.74, 6) is -0.213. The first-order chi connectivity index (χ1) is 17.3. The van der Waals surface area contributed by atoms with Gasteiger partial charge >= 0.3 is 6.18 Å². The topological polar surface area (TPSA) is 74.0 Å². The van der Waals surface area contributed by atoms with Gasteiger partial charge in [0.1, 0.15) is 0 Å². The number of hydrogen-bond donors (Lipinski definition) is 1. The van der Waals surface area contributed by atoms with E-state index in [4.69, 9.17) is 5.26 Å². The van der Waals surface area contributed by atoms with Crippen LogP contribution < -0.4 is 5.32 Å². The van der Waals surface area contributed by atoms with E-state index in [0.717, 1.165) is 36.7 Å². The van der Waals surface area contributed by atoms with Crippen LogP contribution in [-0.2, 0) is 30.5 Å². The van der Waals surface area contributed by atoms with Crippen LogP contribution in [0.5, 0.6) is 0 Å². The van der Waals surface area contributed by atoms with Crippen LogP contribution in [0.25, 0.3) is 0 Å². The number of nitriles is 1. The minimum absolute atomic E-state index is 0.0260. The molecule has 1 saturated heterocycles. The van der Waals surface area contributed by atoms with Crippen molar-refractivity contribution >= 4 is 5.91 Å². The van der Waals surface area contributed by atoms with E-state index in [1.807, 2.05) is 16.7 Å². The minimum atomic E-state index is -4.36. The zero-order chi connectivity index (χ0) is 25.5. The standard InChI is InChI=1S/C27H28F3N5O/c28-27(29,30)24-5-1-3-22(13-24)16-34-12-2-4-23(18-34)26(36)33-11-10-25-15-32-19-35(25)17-21-8-6-20(14-31)7-9-21/h1,3,5-9,13,15,19,23H,2,4,10-12,16-18H2,(H,33,36). The number of carbonyl (C=O) groups is 1. The van der Waals surface area contributed by atoms with Crippen LogP contribution in [-0.4, -0.2) is 40.0 Å². The van der Waals surface area contributed by atoms with Gasteiger partial charge in [-0.15, -0.1) is 0 Å². The highest BCUT2D eigenvalue weighted by molar-refractivity contribution is 5.78. The molecule has 1 unspecified atom stereocenters. The molecule has 0 saturated carbocycles. The number of hydrogen-bond acceptors (Lipinski definition) is 4. The number of halogens is 3. The zero-order valence-electron chi connectivity index (χ0n) is 19.8. The molecule has 36 heavy (non-hydrogen) atoms. The summed E-state index contributed by atoms with van der Waals surface area (Å²) in [7, 11) is 0. The molecule has 0 aliphatic carbocycles. The summed E-state index contributed by atoms with van der Waals surface area (Å²) in [4.78, 5) is 19.1. The first-order valence-electron chi connectivity index (χ1n) is 12.0. The van der Waals surface area contributed by atoms with Gasteiger partial charge in [-0.3, -0.25) is 9.69 Å². The molecule has 1 atom stereocenters. The average Bonchev–Trinajstić information content (AvgIpc) is 3.31. The van der Waals surface area contributed by atoms with Gasteiger partial charge in [0.25, 0.3) is 0 Å². The van der Waals surface area contributed by atoms with Crippen molar-refractivity contribution in [3.05, 3.63) is 89.0 Å². The number of carbonyl (C=O) groups excluding carboxylic acids is 1. The lowest BCUT2D eigenvalue weighted by Crippen LogP contribution is -2.43. The summed E-state index contributed by atoms with van der Waals surface area (Å²) in [6, 6.07) is 14.9. The largest absolute Gasteiger partial charge is 0.416 e. The molecule has 0 spiro atoms. The lowest BCUT2D eigenvalue weighted by Gasteiger charge is -2.32. The molecule has 1 aromatic heterocycles. The van der Waals surface area contributed by atoms with Gasteiger partial charge in [0.05, 0.1) is 29.4 Å². The highest BCUT2D eigenvalue weighted by Gasteiger charge is 2.31. The molecule has 3 aromatic rings. The molecule has 0 radical (unpaired) electrons. The summed E-state index contributed by atoms with van der Waals surface area (Å²) in [5.41, 5.74) is 2.62. The fraction of sp³-hybridized carbons (Fsp3) is 0.370. The molecular formula is C27H28F3N5O. The monoisotopic (exact) mass is 495 g/mol. The first kappa shape index (κ1) is 25.5. The molecular weight excluding hydrogens is 467 g/mol. The van der Waals surface area contributed by atoms with E-state index in [0.29, 0.717) is 43.7 Å². The van der Waals surface area contributed by atoms with Crippen molar-refractivity contribution < 1.29 is 18.0 Å². The number of aromatic nitrogens is 2. The maximum absolute atomic E-state index is 13.0. The predicted octanol–water partition coefficient (Wildman–Crippen LogP) is 4.39. The van der Waals surface area contributed by atoms with Crippen LogP contribution in [0.15, 0.2) is 61.1 Å². The SMILES string of the molecule is N#Cc1ccc(Cn2cncc2CCNC(=O)C2CCCN(Cc3cccc(C(F)(F)F)c3)C2)cc1. The van der Waals surface area contributed by atoms with Crippen LogP contribution in [0.4, 0.5) is 13.2 Å². The predicted molar refractivity (Wildman–Crippen MR) is 129 cm³/mol. The molecule has 1 aliphatic heterocycles. The third-order valence-corrected chi connectivity index (χ3v) is 6.45. The van der Waals surface area contributed by atoms with Gasteiger partial charge in [-0.2, -0.15) is 18.4 Å². The van der Waals surface area contributed by atoms with Crippen molar-refractivity contribution in [3.8, 4) is 6.07 Å². The first-order valence-corrected chi connectivity index (χ1v) is 12.0. The van der Waals surface area contributed by atoms with Crippen molar-refractivity contribution in [1.29, 1.82) is 5.26 Å². The molecule has 1 N–H and O–H groups in total. The third-order valence-electron chi connectivity index (χ3n) is 6.45. The lowest BCUT2D eigenvalue weighted by molar-refractivity contribution is -0.137. The second kappa shape index (κ2) is 11.4. The Labute approximate surface area is 208 Å². The fourth-order valence-electron chi connectivity index (χ4n) is 4.56. The van der Waals surface area contributed by atoms with Crippen molar-refractivity contribution in [2.45, 2.75) is 38.5 Å². The fourth-order valence-corrected chi connectivity index (χ4v) is 4.56. The van der Waals surface area contributed by atoms with Gasteiger partial charge in [0.2, 0.25) is 5.91 Å². The Kier molecular flexibility index (Phi) is 8.06. The summed E-state index contributed by atoms with van der Waals surface area (Å²) in [6.07, 6.45) is 1.39. The van der Waals surface area contributed by atoms with Crippen molar-refractivity contribution in [3.63, 3.8) is 0 Å². The van der Waals surface area contributed by atoms with Crippen LogP contribution in [0.2, 0.25) is 0 Å². The molecule has 1 aliphatic rings. The van der Waals surface area contributed by atoms with Gasteiger partial charge in [-0.05, 0) is 48.7 Å². The Hall–Kier alpha value is -3.64. The smallest absolute Gasteiger partial charge is 0.355 e. The highest BCUT2D eigenvalue weighted by atomic mass is 19.4. The number of imidazole rings is 1. The Morgan fingerprint density at radius 3 is 2.69 bits per heavy atom. The molecule has 2 aromatic carbocycles. The van der Waals surface area contributed by atoms with Crippen LogP contribution in [0.1, 0.15) is 40.8 Å². The second-order valence-electron chi connectivity index (χ2n) is 9.14. The summed E-state index contributed by atoms with van der Waals surface area (Å²) >= 11 is 0. The van der Waals surface area contributed by atoms with Crippen molar-refractivity contribution in [1.82, 2.24) is 19.8 Å². The van der Waals surface area contributed by atoms with Crippen LogP contribution in [0, 0.1) is 17.2 Å². The zero-order valence-corrected chi connectivity index (χ0v) is 19.8. The summed E-state index contributed by atoms with van der Waals surface area (Å²) in [6.45, 7) is 2.78. The van der Waals surface area contributed by atoms with Gasteiger partial charge < -0.3 is 9.88 Å². The molecule has 9 heteroatoms. The van der Waals surface area contributed by atoms with Gasteiger partial charge in [-0.25, -0.2) is 4.98 Å². The number of amides is 1. The number of piperidine rings is 1. The van der Waals surface area contributed by atoms with Gasteiger partial charge in [-0.1, -0.05) is 30.3 Å². The molecule has 4 rings (SSSR count). The maximum Gasteiger partial charge on any atom is 0.416 e. The van der Waals surface area contributed by atoms with Gasteiger partial charge in [0, 0.05) is 44.5 Å². The van der Waals surface area contributed by atoms with Crippen LogP contribution >= 0.6 is 0 Å². The Morgan fingerprint density at radius 1 is 1.14 bits per heavy atom. The van der Waals surface area contributed by atoms with Crippen LogP contribution in [0.3, 0.4) is 0 Å². The normalized spacial score (nSPS) is 16.4. The number of rotatable bonds is 8.